The number of hydrogen-bond acceptors (Lipinski definition) is 3. The normalized spacial score (nSPS) is 9.93. The van der Waals surface area contributed by atoms with Crippen molar-refractivity contribution >= 4 is 0 Å². The summed E-state index contributed by atoms with van der Waals surface area (Å²) in [5.74, 6) is 0.764. The van der Waals surface area contributed by atoms with E-state index in [4.69, 9.17) is 10.5 Å². The van der Waals surface area contributed by atoms with Gasteiger partial charge in [0.25, 0.3) is 0 Å². The van der Waals surface area contributed by atoms with Crippen molar-refractivity contribution in [3.63, 3.8) is 0 Å². The maximum Gasteiger partial charge on any atom is 0.137 e. The van der Waals surface area contributed by atoms with Crippen LogP contribution in [0.1, 0.15) is 0 Å². The summed E-state index contributed by atoms with van der Waals surface area (Å²) in [6.07, 6.45) is 1.77. The minimum absolute atomic E-state index is 0.186. The van der Waals surface area contributed by atoms with Crippen molar-refractivity contribution in [1.82, 2.24) is 4.98 Å². The maximum atomic E-state index is 5.31. The zero-order chi connectivity index (χ0) is 10.5. The lowest BCUT2D eigenvalue weighted by molar-refractivity contribution is 0.330. The fourth-order valence-electron chi connectivity index (χ4n) is 1.37. The van der Waals surface area contributed by atoms with Crippen LogP contribution in [0.5, 0.6) is 5.75 Å². The van der Waals surface area contributed by atoms with Gasteiger partial charge in [-0.15, -0.1) is 0 Å². The Morgan fingerprint density at radius 1 is 1.13 bits per heavy atom. The average molecular weight is 200 g/mol. The first kappa shape index (κ1) is 9.68. The lowest BCUT2D eigenvalue weighted by Crippen LogP contribution is -2.07. The quantitative estimate of drug-likeness (QED) is 0.771. The van der Waals surface area contributed by atoms with E-state index in [0.717, 1.165) is 17.0 Å². The lowest BCUT2D eigenvalue weighted by atomic mass is 10.1. The Labute approximate surface area is 88.5 Å². The summed E-state index contributed by atoms with van der Waals surface area (Å²) in [7, 11) is 0. The summed E-state index contributed by atoms with van der Waals surface area (Å²) >= 11 is 0. The van der Waals surface area contributed by atoms with E-state index in [9.17, 15) is 0 Å². The predicted octanol–water partition coefficient (Wildman–Crippen LogP) is 2.04. The second kappa shape index (κ2) is 4.57. The Kier molecular flexibility index (Phi) is 2.95. The summed E-state index contributed by atoms with van der Waals surface area (Å²) in [6, 6.07) is 13.5. The highest BCUT2D eigenvalue weighted by Gasteiger charge is 1.99. The molecular weight excluding hydrogens is 188 g/mol. The third-order valence-corrected chi connectivity index (χ3v) is 2.04. The van der Waals surface area contributed by atoms with Gasteiger partial charge >= 0.3 is 0 Å². The minimum atomic E-state index is 0.186. The van der Waals surface area contributed by atoms with Gasteiger partial charge in [0.05, 0.1) is 5.69 Å². The topological polar surface area (TPSA) is 48.1 Å². The van der Waals surface area contributed by atoms with Crippen LogP contribution in [0.3, 0.4) is 0 Å². The molecule has 0 amide bonds. The van der Waals surface area contributed by atoms with E-state index >= 15 is 0 Å². The molecule has 2 rings (SSSR count). The summed E-state index contributed by atoms with van der Waals surface area (Å²) in [5.41, 5.74) is 7.27. The first-order valence-electron chi connectivity index (χ1n) is 4.74. The molecule has 2 N–H and O–H groups in total. The minimum Gasteiger partial charge on any atom is -0.479 e. The van der Waals surface area contributed by atoms with Crippen LogP contribution < -0.4 is 10.5 Å². The number of nitrogens with zero attached hydrogens (tertiary/aromatic N) is 1. The highest BCUT2D eigenvalue weighted by atomic mass is 16.5. The smallest absolute Gasteiger partial charge is 0.137 e. The van der Waals surface area contributed by atoms with Crippen LogP contribution in [0, 0.1) is 0 Å². The van der Waals surface area contributed by atoms with Crippen molar-refractivity contribution in [1.29, 1.82) is 0 Å². The molecule has 1 heterocycles. The summed E-state index contributed by atoms with van der Waals surface area (Å²) in [4.78, 5) is 4.26. The van der Waals surface area contributed by atoms with Gasteiger partial charge in [0.15, 0.2) is 0 Å². The van der Waals surface area contributed by atoms with Gasteiger partial charge in [-0.25, -0.2) is 0 Å². The van der Waals surface area contributed by atoms with Gasteiger partial charge in [-0.2, -0.15) is 0 Å². The van der Waals surface area contributed by atoms with E-state index in [1.807, 2.05) is 42.5 Å². The second-order valence-corrected chi connectivity index (χ2v) is 3.05. The summed E-state index contributed by atoms with van der Waals surface area (Å²) in [6.45, 7) is 0.186. The summed E-state index contributed by atoms with van der Waals surface area (Å²) < 4.78 is 5.22. The van der Waals surface area contributed by atoms with Crippen molar-refractivity contribution in [2.24, 2.45) is 5.73 Å². The van der Waals surface area contributed by atoms with Gasteiger partial charge in [-0.1, -0.05) is 18.2 Å². The number of aromatic nitrogens is 1. The van der Waals surface area contributed by atoms with Crippen LogP contribution in [-0.4, -0.2) is 11.7 Å². The van der Waals surface area contributed by atoms with E-state index in [0.29, 0.717) is 0 Å². The standard InChI is InChI=1S/C12H12N2O/c13-9-15-11-5-3-4-10(8-11)12-6-1-2-7-14-12/h1-8H,9,13H2. The van der Waals surface area contributed by atoms with Crippen molar-refractivity contribution in [2.45, 2.75) is 0 Å². The first-order valence-corrected chi connectivity index (χ1v) is 4.74. The lowest BCUT2D eigenvalue weighted by Gasteiger charge is -2.05. The van der Waals surface area contributed by atoms with Gasteiger partial charge < -0.3 is 4.74 Å². The van der Waals surface area contributed by atoms with Crippen molar-refractivity contribution in [2.75, 3.05) is 6.73 Å². The summed E-state index contributed by atoms with van der Waals surface area (Å²) in [5, 5.41) is 0. The number of benzene rings is 1. The Bertz CT molecular complexity index is 429. The molecule has 0 aliphatic carbocycles. The predicted molar refractivity (Wildman–Crippen MR) is 59.4 cm³/mol. The molecular formula is C12H12N2O. The van der Waals surface area contributed by atoms with Crippen molar-refractivity contribution < 1.29 is 4.74 Å². The van der Waals surface area contributed by atoms with Crippen LogP contribution in [0.2, 0.25) is 0 Å². The van der Waals surface area contributed by atoms with Crippen LogP contribution in [-0.2, 0) is 0 Å². The number of rotatable bonds is 3. The van der Waals surface area contributed by atoms with Gasteiger partial charge in [0, 0.05) is 11.8 Å². The molecule has 2 aromatic rings. The van der Waals surface area contributed by atoms with Crippen LogP contribution in [0.25, 0.3) is 11.3 Å². The fourth-order valence-corrected chi connectivity index (χ4v) is 1.37. The number of nitrogens with two attached hydrogens (primary N) is 1. The molecule has 0 saturated heterocycles. The zero-order valence-electron chi connectivity index (χ0n) is 8.26. The second-order valence-electron chi connectivity index (χ2n) is 3.05. The van der Waals surface area contributed by atoms with Crippen molar-refractivity contribution in [3.05, 3.63) is 48.7 Å². The Morgan fingerprint density at radius 2 is 2.07 bits per heavy atom. The molecule has 0 aliphatic rings. The molecule has 0 atom stereocenters. The molecule has 0 unspecified atom stereocenters. The molecule has 1 aromatic carbocycles. The largest absolute Gasteiger partial charge is 0.479 e. The highest BCUT2D eigenvalue weighted by molar-refractivity contribution is 5.60. The molecule has 0 bridgehead atoms. The number of hydrogen-bond donors (Lipinski definition) is 1. The molecule has 1 aromatic heterocycles. The molecule has 0 radical (unpaired) electrons. The third-order valence-electron chi connectivity index (χ3n) is 2.04. The Morgan fingerprint density at radius 3 is 2.80 bits per heavy atom. The highest BCUT2D eigenvalue weighted by Crippen LogP contribution is 2.21. The van der Waals surface area contributed by atoms with Crippen LogP contribution in [0.4, 0.5) is 0 Å². The van der Waals surface area contributed by atoms with E-state index < -0.39 is 0 Å². The van der Waals surface area contributed by atoms with Crippen LogP contribution in [0.15, 0.2) is 48.7 Å². The Hall–Kier alpha value is -1.87. The number of ether oxygens (including phenoxy) is 1. The van der Waals surface area contributed by atoms with Crippen molar-refractivity contribution in [3.8, 4) is 17.0 Å². The molecule has 0 aliphatic heterocycles. The molecule has 3 nitrogen and oxygen atoms in total. The van der Waals surface area contributed by atoms with Gasteiger partial charge in [-0.3, -0.25) is 10.7 Å². The van der Waals surface area contributed by atoms with Gasteiger partial charge in [0.2, 0.25) is 0 Å². The van der Waals surface area contributed by atoms with Gasteiger partial charge in [0.1, 0.15) is 12.5 Å². The molecule has 76 valence electrons. The molecule has 0 fully saturated rings. The Balaban J connectivity index is 2.33. The van der Waals surface area contributed by atoms with E-state index in [-0.39, 0.29) is 6.73 Å². The fraction of sp³-hybridized carbons (Fsp3) is 0.0833. The first-order chi connectivity index (χ1) is 7.40. The van der Waals surface area contributed by atoms with E-state index in [1.165, 1.54) is 0 Å². The molecule has 0 saturated carbocycles. The number of pyridine rings is 1. The van der Waals surface area contributed by atoms with Gasteiger partial charge in [-0.05, 0) is 24.3 Å². The third kappa shape index (κ3) is 2.33. The van der Waals surface area contributed by atoms with E-state index in [2.05, 4.69) is 4.98 Å². The zero-order valence-corrected chi connectivity index (χ0v) is 8.26. The maximum absolute atomic E-state index is 5.31. The molecule has 0 spiro atoms. The van der Waals surface area contributed by atoms with E-state index in [1.54, 1.807) is 6.20 Å². The molecule has 15 heavy (non-hydrogen) atoms. The molecule has 3 heteroatoms. The van der Waals surface area contributed by atoms with Crippen LogP contribution >= 0.6 is 0 Å². The monoisotopic (exact) mass is 200 g/mol. The average Bonchev–Trinajstić information content (AvgIpc) is 2.31. The SMILES string of the molecule is NCOc1cccc(-c2ccccn2)c1.